The zero-order valence-corrected chi connectivity index (χ0v) is 22.0. The lowest BCUT2D eigenvalue weighted by Gasteiger charge is -2.36. The Balaban J connectivity index is 1.03. The van der Waals surface area contributed by atoms with Gasteiger partial charge >= 0.3 is 5.97 Å². The van der Waals surface area contributed by atoms with Gasteiger partial charge in [0.2, 0.25) is 12.7 Å². The van der Waals surface area contributed by atoms with Gasteiger partial charge in [0.1, 0.15) is 5.75 Å². The highest BCUT2D eigenvalue weighted by Crippen LogP contribution is 2.31. The first-order valence-corrected chi connectivity index (χ1v) is 13.8. The first-order chi connectivity index (χ1) is 18.2. The van der Waals surface area contributed by atoms with E-state index in [9.17, 15) is 4.79 Å². The molecule has 0 unspecified atom stereocenters. The van der Waals surface area contributed by atoms with E-state index in [4.69, 9.17) is 14.2 Å². The van der Waals surface area contributed by atoms with Gasteiger partial charge in [0.05, 0.1) is 12.1 Å². The maximum atomic E-state index is 11.2. The summed E-state index contributed by atoms with van der Waals surface area (Å²) in [6.07, 6.45) is 2.44. The molecule has 8 heteroatoms. The van der Waals surface area contributed by atoms with Crippen molar-refractivity contribution in [3.8, 4) is 11.6 Å². The molecule has 0 saturated carbocycles. The Morgan fingerprint density at radius 1 is 1.00 bits per heavy atom. The summed E-state index contributed by atoms with van der Waals surface area (Å²) in [5.74, 6) is 0.914. The molecule has 1 aliphatic heterocycles. The van der Waals surface area contributed by atoms with Crippen LogP contribution in [0.5, 0.6) is 11.6 Å². The van der Waals surface area contributed by atoms with Crippen molar-refractivity contribution in [3.63, 3.8) is 0 Å². The molecule has 2 aromatic carbocycles. The lowest BCUT2D eigenvalue weighted by molar-refractivity contribution is -0.149. The van der Waals surface area contributed by atoms with E-state index < -0.39 is 0 Å². The highest BCUT2D eigenvalue weighted by molar-refractivity contribution is 7.17. The third kappa shape index (κ3) is 6.50. The minimum atomic E-state index is -0.300. The number of nitrogens with zero attached hydrogens (tertiary/aromatic N) is 3. The number of esters is 1. The number of aromatic nitrogens is 1. The fourth-order valence-corrected chi connectivity index (χ4v) is 5.41. The molecule has 4 aromatic rings. The second kappa shape index (κ2) is 12.3. The monoisotopic (exact) mass is 519 g/mol. The Hall–Kier alpha value is -3.36. The molecule has 1 aliphatic rings. The molecule has 0 aliphatic carbocycles. The van der Waals surface area contributed by atoms with Crippen molar-refractivity contribution in [2.75, 3.05) is 51.0 Å². The Bertz CT molecular complexity index is 1330. The summed E-state index contributed by atoms with van der Waals surface area (Å²) in [6, 6.07) is 18.5. The summed E-state index contributed by atoms with van der Waals surface area (Å²) in [5.41, 5.74) is 2.16. The molecule has 0 radical (unpaired) electrons. The van der Waals surface area contributed by atoms with Crippen molar-refractivity contribution in [2.24, 2.45) is 0 Å². The molecule has 5 rings (SSSR count). The van der Waals surface area contributed by atoms with E-state index in [-0.39, 0.29) is 12.8 Å². The summed E-state index contributed by atoms with van der Waals surface area (Å²) in [5, 5.41) is 4.56. The van der Waals surface area contributed by atoms with Gasteiger partial charge in [-0.15, -0.1) is 11.3 Å². The molecule has 0 N–H and O–H groups in total. The van der Waals surface area contributed by atoms with Crippen LogP contribution in [0, 0.1) is 0 Å². The second-order valence-electron chi connectivity index (χ2n) is 9.13. The van der Waals surface area contributed by atoms with Crippen molar-refractivity contribution >= 4 is 44.0 Å². The predicted molar refractivity (Wildman–Crippen MR) is 149 cm³/mol. The molecule has 0 atom stereocenters. The Morgan fingerprint density at radius 2 is 1.86 bits per heavy atom. The van der Waals surface area contributed by atoms with Crippen LogP contribution >= 0.6 is 11.3 Å². The van der Waals surface area contributed by atoms with E-state index in [0.29, 0.717) is 18.9 Å². The topological polar surface area (TPSA) is 64.1 Å². The Morgan fingerprint density at radius 3 is 2.73 bits per heavy atom. The van der Waals surface area contributed by atoms with Crippen molar-refractivity contribution < 1.29 is 19.0 Å². The lowest BCUT2D eigenvalue weighted by atomic mass is 10.2. The number of piperazine rings is 1. The molecule has 0 amide bonds. The van der Waals surface area contributed by atoms with Gasteiger partial charge in [-0.2, -0.15) is 0 Å². The number of carbonyl (C=O) groups excluding carboxylic acids is 1. The molecule has 3 heterocycles. The average molecular weight is 520 g/mol. The largest absolute Gasteiger partial charge is 0.494 e. The van der Waals surface area contributed by atoms with E-state index in [1.165, 1.54) is 15.8 Å². The van der Waals surface area contributed by atoms with E-state index in [2.05, 4.69) is 44.4 Å². The van der Waals surface area contributed by atoms with Crippen LogP contribution in [-0.2, 0) is 9.53 Å². The summed E-state index contributed by atoms with van der Waals surface area (Å²) < 4.78 is 17.8. The van der Waals surface area contributed by atoms with Gasteiger partial charge in [0.25, 0.3) is 0 Å². The van der Waals surface area contributed by atoms with E-state index in [0.717, 1.165) is 62.2 Å². The van der Waals surface area contributed by atoms with Crippen LogP contribution in [-0.4, -0.2) is 62.0 Å². The summed E-state index contributed by atoms with van der Waals surface area (Å²) in [4.78, 5) is 20.8. The van der Waals surface area contributed by atoms with Gasteiger partial charge in [-0.1, -0.05) is 13.0 Å². The highest BCUT2D eigenvalue weighted by atomic mass is 32.1. The molecule has 37 heavy (non-hydrogen) atoms. The van der Waals surface area contributed by atoms with Crippen molar-refractivity contribution in [3.05, 3.63) is 60.0 Å². The number of benzene rings is 2. The van der Waals surface area contributed by atoms with Crippen LogP contribution in [0.25, 0.3) is 21.0 Å². The summed E-state index contributed by atoms with van der Waals surface area (Å²) >= 11 is 1.81. The van der Waals surface area contributed by atoms with Gasteiger partial charge in [-0.3, -0.25) is 9.69 Å². The van der Waals surface area contributed by atoms with Gasteiger partial charge in [0.15, 0.2) is 0 Å². The average Bonchev–Trinajstić information content (AvgIpc) is 3.42. The summed E-state index contributed by atoms with van der Waals surface area (Å²) in [6.45, 7) is 7.72. The molecule has 7 nitrogen and oxygen atoms in total. The molecule has 1 saturated heterocycles. The van der Waals surface area contributed by atoms with Crippen molar-refractivity contribution in [2.45, 2.75) is 26.2 Å². The van der Waals surface area contributed by atoms with E-state index in [1.807, 2.05) is 35.6 Å². The van der Waals surface area contributed by atoms with Crippen LogP contribution in [0.3, 0.4) is 0 Å². The zero-order valence-electron chi connectivity index (χ0n) is 21.2. The number of pyridine rings is 1. The summed E-state index contributed by atoms with van der Waals surface area (Å²) in [7, 11) is 0. The fraction of sp³-hybridized carbons (Fsp3) is 0.379. The van der Waals surface area contributed by atoms with E-state index in [1.54, 1.807) is 13.0 Å². The van der Waals surface area contributed by atoms with Gasteiger partial charge in [-0.05, 0) is 61.2 Å². The quantitative estimate of drug-likeness (QED) is 0.143. The number of rotatable bonds is 11. The fourth-order valence-electron chi connectivity index (χ4n) is 4.60. The SMILES string of the molecule is CCC(=O)OCOc1ccc2ccc(OCCCCN3CCN(c4cccc5sccc45)CC3)cc2n1. The molecule has 2 aromatic heterocycles. The predicted octanol–water partition coefficient (Wildman–Crippen LogP) is 5.72. The maximum absolute atomic E-state index is 11.2. The van der Waals surface area contributed by atoms with Crippen LogP contribution < -0.4 is 14.4 Å². The minimum absolute atomic E-state index is 0.138. The third-order valence-electron chi connectivity index (χ3n) is 6.68. The smallest absolute Gasteiger partial charge is 0.308 e. The number of hydrogen-bond donors (Lipinski definition) is 0. The van der Waals surface area contributed by atoms with Gasteiger partial charge in [0, 0.05) is 65.9 Å². The number of anilines is 1. The number of carbonyl (C=O) groups is 1. The highest BCUT2D eigenvalue weighted by Gasteiger charge is 2.18. The molecule has 0 bridgehead atoms. The number of fused-ring (bicyclic) bond motifs is 2. The molecule has 0 spiro atoms. The number of thiophene rings is 1. The minimum Gasteiger partial charge on any atom is -0.494 e. The first kappa shape index (κ1) is 25.3. The number of unbranched alkanes of at least 4 members (excludes halogenated alkanes) is 1. The second-order valence-corrected chi connectivity index (χ2v) is 10.1. The molecular weight excluding hydrogens is 486 g/mol. The standard InChI is InChI=1S/C29H33N3O4S/c1-2-29(33)36-21-35-28-11-9-22-8-10-23(20-25(22)30-28)34-18-4-3-13-31-14-16-32(17-15-31)26-6-5-7-27-24(26)12-19-37-27/h5-12,19-20H,2-4,13-18,21H2,1H3. The van der Waals surface area contributed by atoms with Crippen LogP contribution in [0.15, 0.2) is 60.0 Å². The van der Waals surface area contributed by atoms with Crippen molar-refractivity contribution in [1.29, 1.82) is 0 Å². The van der Waals surface area contributed by atoms with E-state index >= 15 is 0 Å². The zero-order chi connectivity index (χ0) is 25.5. The Labute approximate surface area is 221 Å². The molecule has 194 valence electrons. The van der Waals surface area contributed by atoms with Crippen LogP contribution in [0.2, 0.25) is 0 Å². The van der Waals surface area contributed by atoms with Crippen LogP contribution in [0.1, 0.15) is 26.2 Å². The number of ether oxygens (including phenoxy) is 3. The van der Waals surface area contributed by atoms with Gasteiger partial charge < -0.3 is 19.1 Å². The normalized spacial score (nSPS) is 14.2. The first-order valence-electron chi connectivity index (χ1n) is 12.9. The van der Waals surface area contributed by atoms with Crippen molar-refractivity contribution in [1.82, 2.24) is 9.88 Å². The van der Waals surface area contributed by atoms with Crippen LogP contribution in [0.4, 0.5) is 5.69 Å². The molecule has 1 fully saturated rings. The molecular formula is C29H33N3O4S. The third-order valence-corrected chi connectivity index (χ3v) is 7.56. The number of hydrogen-bond acceptors (Lipinski definition) is 8. The van der Waals surface area contributed by atoms with Gasteiger partial charge in [-0.25, -0.2) is 4.98 Å². The maximum Gasteiger partial charge on any atom is 0.308 e. The lowest BCUT2D eigenvalue weighted by Crippen LogP contribution is -2.46. The Kier molecular flexibility index (Phi) is 8.38.